The van der Waals surface area contributed by atoms with Crippen LogP contribution in [0.1, 0.15) is 77.6 Å². The molecular weight excluding hydrogens is 268 g/mol. The summed E-state index contributed by atoms with van der Waals surface area (Å²) >= 11 is 2.04. The maximum Gasteiger partial charge on any atom is 0.303 e. The van der Waals surface area contributed by atoms with Gasteiger partial charge in [-0.05, 0) is 31.4 Å². The second-order valence-electron chi connectivity index (χ2n) is 5.31. The van der Waals surface area contributed by atoms with Crippen LogP contribution in [0.3, 0.4) is 0 Å². The van der Waals surface area contributed by atoms with Crippen LogP contribution in [0.15, 0.2) is 12.2 Å². The quantitative estimate of drug-likeness (QED) is 0.313. The van der Waals surface area contributed by atoms with Crippen LogP contribution >= 0.6 is 11.8 Å². The number of thioether (sulfide) groups is 1. The maximum absolute atomic E-state index is 10.3. The molecule has 0 bridgehead atoms. The molecule has 0 saturated carbocycles. The van der Waals surface area contributed by atoms with Gasteiger partial charge in [-0.1, -0.05) is 57.6 Å². The second-order valence-corrected chi connectivity index (χ2v) is 6.46. The van der Waals surface area contributed by atoms with Gasteiger partial charge in [-0.15, -0.1) is 0 Å². The molecule has 0 aliphatic carbocycles. The molecule has 3 heteroatoms. The van der Waals surface area contributed by atoms with Crippen molar-refractivity contribution >= 4 is 17.7 Å². The first-order valence-corrected chi connectivity index (χ1v) is 9.37. The van der Waals surface area contributed by atoms with E-state index in [1.54, 1.807) is 0 Å². The monoisotopic (exact) mass is 300 g/mol. The molecule has 0 rings (SSSR count). The highest BCUT2D eigenvalue weighted by Crippen LogP contribution is 2.09. The molecule has 0 heterocycles. The zero-order valence-corrected chi connectivity index (χ0v) is 13.9. The van der Waals surface area contributed by atoms with Gasteiger partial charge in [0.05, 0.1) is 0 Å². The number of hydrogen-bond acceptors (Lipinski definition) is 2. The van der Waals surface area contributed by atoms with E-state index in [-0.39, 0.29) is 0 Å². The van der Waals surface area contributed by atoms with Crippen LogP contribution in [0.5, 0.6) is 0 Å². The Bertz CT molecular complexity index is 239. The lowest BCUT2D eigenvalue weighted by Crippen LogP contribution is -1.93. The van der Waals surface area contributed by atoms with Crippen molar-refractivity contribution in [3.63, 3.8) is 0 Å². The predicted molar refractivity (Wildman–Crippen MR) is 90.6 cm³/mol. The van der Waals surface area contributed by atoms with E-state index in [1.807, 2.05) is 11.8 Å². The van der Waals surface area contributed by atoms with Crippen LogP contribution in [-0.2, 0) is 4.79 Å². The summed E-state index contributed by atoms with van der Waals surface area (Å²) in [5, 5.41) is 8.51. The molecule has 1 N–H and O–H groups in total. The molecule has 118 valence electrons. The Morgan fingerprint density at radius 2 is 1.65 bits per heavy atom. The summed E-state index contributed by atoms with van der Waals surface area (Å²) in [6.45, 7) is 2.25. The van der Waals surface area contributed by atoms with E-state index >= 15 is 0 Å². The van der Waals surface area contributed by atoms with Gasteiger partial charge >= 0.3 is 5.97 Å². The third kappa shape index (κ3) is 17.6. The molecule has 20 heavy (non-hydrogen) atoms. The number of allylic oxidation sites excluding steroid dienone is 1. The molecule has 2 nitrogen and oxygen atoms in total. The molecule has 0 aromatic heterocycles. The molecule has 0 aromatic rings. The van der Waals surface area contributed by atoms with Crippen LogP contribution in [-0.4, -0.2) is 22.6 Å². The number of carbonyl (C=O) groups is 1. The number of carboxylic acid groups (broad SMARTS) is 1. The summed E-state index contributed by atoms with van der Waals surface area (Å²) in [4.78, 5) is 10.3. The van der Waals surface area contributed by atoms with E-state index in [9.17, 15) is 4.79 Å². The van der Waals surface area contributed by atoms with E-state index in [0.717, 1.165) is 18.6 Å². The lowest BCUT2D eigenvalue weighted by Gasteiger charge is -1.99. The molecule has 0 atom stereocenters. The van der Waals surface area contributed by atoms with Crippen molar-refractivity contribution in [1.82, 2.24) is 0 Å². The molecule has 0 aliphatic heterocycles. The molecule has 0 amide bonds. The number of unbranched alkanes of at least 4 members (excludes halogenated alkanes) is 8. The fourth-order valence-corrected chi connectivity index (χ4v) is 2.88. The van der Waals surface area contributed by atoms with Gasteiger partial charge in [-0.25, -0.2) is 0 Å². The molecule has 0 saturated heterocycles. The SMILES string of the molecule is CCCCCCSC/C=C\CCCCCCCC(=O)O. The standard InChI is InChI=1S/C17H32O2S/c1-2-3-4-12-15-20-16-13-10-8-6-5-7-9-11-14-17(18)19/h10,13H,2-9,11-12,14-16H2,1H3,(H,18,19)/b13-10-. The summed E-state index contributed by atoms with van der Waals surface area (Å²) < 4.78 is 0. The van der Waals surface area contributed by atoms with Gasteiger partial charge in [0.1, 0.15) is 0 Å². The zero-order valence-electron chi connectivity index (χ0n) is 13.1. The highest BCUT2D eigenvalue weighted by Gasteiger charge is 1.95. The third-order valence-electron chi connectivity index (χ3n) is 3.28. The van der Waals surface area contributed by atoms with E-state index in [4.69, 9.17) is 5.11 Å². The van der Waals surface area contributed by atoms with E-state index in [1.165, 1.54) is 57.1 Å². The minimum atomic E-state index is -0.667. The first-order valence-electron chi connectivity index (χ1n) is 8.22. The summed E-state index contributed by atoms with van der Waals surface area (Å²) in [6.07, 6.45) is 17.1. The Balaban J connectivity index is 3.07. The highest BCUT2D eigenvalue weighted by molar-refractivity contribution is 7.99. The number of carboxylic acids is 1. The van der Waals surface area contributed by atoms with Gasteiger partial charge in [0, 0.05) is 12.2 Å². The predicted octanol–water partition coefficient (Wildman–Crippen LogP) is 5.67. The zero-order chi connectivity index (χ0) is 14.9. The van der Waals surface area contributed by atoms with E-state index < -0.39 is 5.97 Å². The van der Waals surface area contributed by atoms with Crippen molar-refractivity contribution in [3.05, 3.63) is 12.2 Å². The smallest absolute Gasteiger partial charge is 0.303 e. The van der Waals surface area contributed by atoms with E-state index in [0.29, 0.717) is 6.42 Å². The Hall–Kier alpha value is -0.440. The van der Waals surface area contributed by atoms with Gasteiger partial charge in [0.15, 0.2) is 0 Å². The average Bonchev–Trinajstić information content (AvgIpc) is 2.43. The van der Waals surface area contributed by atoms with Crippen molar-refractivity contribution in [1.29, 1.82) is 0 Å². The Kier molecular flexibility index (Phi) is 16.2. The van der Waals surface area contributed by atoms with Crippen molar-refractivity contribution in [2.24, 2.45) is 0 Å². The van der Waals surface area contributed by atoms with Crippen LogP contribution in [0.4, 0.5) is 0 Å². The normalized spacial score (nSPS) is 11.2. The lowest BCUT2D eigenvalue weighted by molar-refractivity contribution is -0.137. The van der Waals surface area contributed by atoms with Crippen LogP contribution in [0, 0.1) is 0 Å². The lowest BCUT2D eigenvalue weighted by atomic mass is 10.1. The minimum Gasteiger partial charge on any atom is -0.481 e. The van der Waals surface area contributed by atoms with Crippen molar-refractivity contribution < 1.29 is 9.90 Å². The van der Waals surface area contributed by atoms with Crippen LogP contribution in [0.25, 0.3) is 0 Å². The maximum atomic E-state index is 10.3. The average molecular weight is 301 g/mol. The minimum absolute atomic E-state index is 0.329. The van der Waals surface area contributed by atoms with Gasteiger partial charge in [0.25, 0.3) is 0 Å². The molecule has 0 aromatic carbocycles. The third-order valence-corrected chi connectivity index (χ3v) is 4.29. The van der Waals surface area contributed by atoms with E-state index in [2.05, 4.69) is 19.1 Å². The fourth-order valence-electron chi connectivity index (χ4n) is 2.04. The van der Waals surface area contributed by atoms with Crippen molar-refractivity contribution in [3.8, 4) is 0 Å². The number of aliphatic carboxylic acids is 1. The first kappa shape index (κ1) is 19.6. The van der Waals surface area contributed by atoms with Gasteiger partial charge in [0.2, 0.25) is 0 Å². The second kappa shape index (κ2) is 16.6. The summed E-state index contributed by atoms with van der Waals surface area (Å²) in [6, 6.07) is 0. The van der Waals surface area contributed by atoms with Gasteiger partial charge < -0.3 is 5.11 Å². The largest absolute Gasteiger partial charge is 0.481 e. The molecular formula is C17H32O2S. The molecule has 0 radical (unpaired) electrons. The summed E-state index contributed by atoms with van der Waals surface area (Å²) in [5.74, 6) is 1.79. The van der Waals surface area contributed by atoms with Crippen molar-refractivity contribution in [2.45, 2.75) is 77.6 Å². The van der Waals surface area contributed by atoms with Gasteiger partial charge in [-0.3, -0.25) is 4.79 Å². The molecule has 0 unspecified atom stereocenters. The topological polar surface area (TPSA) is 37.3 Å². The Morgan fingerprint density at radius 1 is 0.950 bits per heavy atom. The summed E-state index contributed by atoms with van der Waals surface area (Å²) in [5.41, 5.74) is 0. The molecule has 0 fully saturated rings. The fraction of sp³-hybridized carbons (Fsp3) is 0.824. The summed E-state index contributed by atoms with van der Waals surface area (Å²) in [7, 11) is 0. The van der Waals surface area contributed by atoms with Crippen LogP contribution < -0.4 is 0 Å². The van der Waals surface area contributed by atoms with Crippen LogP contribution in [0.2, 0.25) is 0 Å². The Labute approximate surface area is 129 Å². The molecule has 0 aliphatic rings. The highest BCUT2D eigenvalue weighted by atomic mass is 32.2. The van der Waals surface area contributed by atoms with Crippen molar-refractivity contribution in [2.75, 3.05) is 11.5 Å². The first-order chi connectivity index (χ1) is 9.77. The number of hydrogen-bond donors (Lipinski definition) is 1. The Morgan fingerprint density at radius 3 is 2.40 bits per heavy atom. The van der Waals surface area contributed by atoms with Gasteiger partial charge in [-0.2, -0.15) is 11.8 Å². The molecule has 0 spiro atoms. The number of rotatable bonds is 15.